The number of nitrogens with zero attached hydrogens (tertiary/aromatic N) is 2. The highest BCUT2D eigenvalue weighted by Crippen LogP contribution is 2.32. The largest absolute Gasteiger partial charge is 0.313 e. The Bertz CT molecular complexity index is 474. The lowest BCUT2D eigenvalue weighted by molar-refractivity contribution is 0.718. The maximum atomic E-state index is 6.02. The lowest BCUT2D eigenvalue weighted by atomic mass is 10.2. The van der Waals surface area contributed by atoms with Crippen LogP contribution < -0.4 is 5.32 Å². The fraction of sp³-hybridized carbons (Fsp3) is 0.273. The standard InChI is InChI=1S/C11H12ClN3S2/c1-2-13-6-8-3-4-9(12)5-10(8)16-11-14-7-15-17-11/h3-5,7,13H,2,6H2,1H3. The van der Waals surface area contributed by atoms with Crippen LogP contribution in [0.5, 0.6) is 0 Å². The van der Waals surface area contributed by atoms with Gasteiger partial charge in [-0.25, -0.2) is 4.98 Å². The molecule has 2 rings (SSSR count). The van der Waals surface area contributed by atoms with Crippen LogP contribution >= 0.6 is 34.9 Å². The second-order valence-electron chi connectivity index (χ2n) is 3.34. The van der Waals surface area contributed by atoms with E-state index in [2.05, 4.69) is 21.6 Å². The minimum atomic E-state index is 0.747. The molecule has 6 heteroatoms. The monoisotopic (exact) mass is 285 g/mol. The molecule has 3 nitrogen and oxygen atoms in total. The lowest BCUT2D eigenvalue weighted by Crippen LogP contribution is -2.12. The molecule has 1 heterocycles. The average molecular weight is 286 g/mol. The first kappa shape index (κ1) is 12.8. The fourth-order valence-corrected chi connectivity index (χ4v) is 3.14. The normalized spacial score (nSPS) is 10.7. The molecule has 0 saturated carbocycles. The number of hydrogen-bond acceptors (Lipinski definition) is 5. The molecule has 0 aliphatic heterocycles. The van der Waals surface area contributed by atoms with E-state index in [4.69, 9.17) is 11.6 Å². The van der Waals surface area contributed by atoms with Gasteiger partial charge in [-0.05, 0) is 35.8 Å². The number of nitrogens with one attached hydrogen (secondary N) is 1. The van der Waals surface area contributed by atoms with Crippen LogP contribution in [0.3, 0.4) is 0 Å². The number of halogens is 1. The van der Waals surface area contributed by atoms with Gasteiger partial charge in [0.05, 0.1) is 0 Å². The second-order valence-corrected chi connectivity index (χ2v) is 5.85. The first-order valence-corrected chi connectivity index (χ1v) is 7.20. The number of aromatic nitrogens is 2. The third-order valence-corrected chi connectivity index (χ3v) is 4.18. The van der Waals surface area contributed by atoms with Gasteiger partial charge < -0.3 is 5.32 Å². The molecule has 0 spiro atoms. The Morgan fingerprint density at radius 1 is 1.47 bits per heavy atom. The molecule has 0 amide bonds. The molecule has 17 heavy (non-hydrogen) atoms. The Kier molecular flexibility index (Phi) is 4.79. The molecule has 0 unspecified atom stereocenters. The zero-order chi connectivity index (χ0) is 12.1. The van der Waals surface area contributed by atoms with Gasteiger partial charge in [-0.2, -0.15) is 4.37 Å². The summed E-state index contributed by atoms with van der Waals surface area (Å²) in [5.74, 6) is 0. The van der Waals surface area contributed by atoms with Crippen molar-refractivity contribution in [2.75, 3.05) is 6.54 Å². The molecule has 0 radical (unpaired) electrons. The molecule has 0 aliphatic carbocycles. The van der Waals surface area contributed by atoms with Crippen LogP contribution in [-0.2, 0) is 6.54 Å². The summed E-state index contributed by atoms with van der Waals surface area (Å²) in [5.41, 5.74) is 1.23. The average Bonchev–Trinajstić information content (AvgIpc) is 2.81. The minimum Gasteiger partial charge on any atom is -0.313 e. The van der Waals surface area contributed by atoms with E-state index in [0.717, 1.165) is 27.3 Å². The van der Waals surface area contributed by atoms with E-state index in [0.29, 0.717) is 0 Å². The van der Waals surface area contributed by atoms with Gasteiger partial charge in [-0.1, -0.05) is 36.4 Å². The third kappa shape index (κ3) is 3.67. The highest BCUT2D eigenvalue weighted by atomic mass is 35.5. The van der Waals surface area contributed by atoms with Crippen molar-refractivity contribution in [3.8, 4) is 0 Å². The van der Waals surface area contributed by atoms with Crippen LogP contribution in [-0.4, -0.2) is 15.9 Å². The molecule has 2 aromatic rings. The maximum Gasteiger partial charge on any atom is 0.174 e. The Morgan fingerprint density at radius 2 is 2.35 bits per heavy atom. The van der Waals surface area contributed by atoms with Gasteiger partial charge in [0.15, 0.2) is 4.34 Å². The molecule has 1 N–H and O–H groups in total. The van der Waals surface area contributed by atoms with E-state index in [1.807, 2.05) is 18.2 Å². The van der Waals surface area contributed by atoms with E-state index in [1.165, 1.54) is 17.1 Å². The first-order valence-electron chi connectivity index (χ1n) is 5.23. The Hall–Kier alpha value is -0.620. The summed E-state index contributed by atoms with van der Waals surface area (Å²) in [6.45, 7) is 3.88. The molecule has 0 saturated heterocycles. The van der Waals surface area contributed by atoms with Gasteiger partial charge in [0.25, 0.3) is 0 Å². The summed E-state index contributed by atoms with van der Waals surface area (Å²) in [7, 11) is 0. The van der Waals surface area contributed by atoms with Gasteiger partial charge in [0.2, 0.25) is 0 Å². The summed E-state index contributed by atoms with van der Waals surface area (Å²) in [6, 6.07) is 5.94. The molecule has 0 bridgehead atoms. The SMILES string of the molecule is CCNCc1ccc(Cl)cc1Sc1ncns1. The van der Waals surface area contributed by atoms with E-state index in [-0.39, 0.29) is 0 Å². The van der Waals surface area contributed by atoms with Crippen molar-refractivity contribution in [1.29, 1.82) is 0 Å². The molecular weight excluding hydrogens is 274 g/mol. The van der Waals surface area contributed by atoms with Crippen molar-refractivity contribution in [3.63, 3.8) is 0 Å². The third-order valence-electron chi connectivity index (χ3n) is 2.13. The number of benzene rings is 1. The van der Waals surface area contributed by atoms with Gasteiger partial charge in [0, 0.05) is 16.5 Å². The van der Waals surface area contributed by atoms with Crippen LogP contribution in [0.15, 0.2) is 33.8 Å². The molecule has 90 valence electrons. The highest BCUT2D eigenvalue weighted by molar-refractivity contribution is 8.01. The zero-order valence-corrected chi connectivity index (χ0v) is 11.7. The van der Waals surface area contributed by atoms with Crippen molar-refractivity contribution in [3.05, 3.63) is 35.1 Å². The summed E-state index contributed by atoms with van der Waals surface area (Å²) in [4.78, 5) is 5.30. The van der Waals surface area contributed by atoms with E-state index in [1.54, 1.807) is 18.1 Å². The Balaban J connectivity index is 2.20. The fourth-order valence-electron chi connectivity index (χ4n) is 1.33. The maximum absolute atomic E-state index is 6.02. The molecule has 0 aliphatic rings. The van der Waals surface area contributed by atoms with Crippen LogP contribution in [0.1, 0.15) is 12.5 Å². The lowest BCUT2D eigenvalue weighted by Gasteiger charge is -2.08. The Morgan fingerprint density at radius 3 is 3.06 bits per heavy atom. The molecular formula is C11H12ClN3S2. The number of rotatable bonds is 5. The summed E-state index contributed by atoms with van der Waals surface area (Å²) in [6.07, 6.45) is 1.57. The van der Waals surface area contributed by atoms with Crippen molar-refractivity contribution >= 4 is 34.9 Å². The van der Waals surface area contributed by atoms with Crippen molar-refractivity contribution in [2.24, 2.45) is 0 Å². The van der Waals surface area contributed by atoms with Gasteiger partial charge >= 0.3 is 0 Å². The predicted molar refractivity (Wildman–Crippen MR) is 72.9 cm³/mol. The van der Waals surface area contributed by atoms with E-state index >= 15 is 0 Å². The highest BCUT2D eigenvalue weighted by Gasteiger charge is 2.07. The second kappa shape index (κ2) is 6.35. The molecule has 0 fully saturated rings. The first-order chi connectivity index (χ1) is 8.29. The van der Waals surface area contributed by atoms with Crippen LogP contribution in [0.2, 0.25) is 5.02 Å². The van der Waals surface area contributed by atoms with Crippen LogP contribution in [0, 0.1) is 0 Å². The van der Waals surface area contributed by atoms with Crippen molar-refractivity contribution in [1.82, 2.24) is 14.7 Å². The van der Waals surface area contributed by atoms with Gasteiger partial charge in [-0.15, -0.1) is 0 Å². The smallest absolute Gasteiger partial charge is 0.174 e. The van der Waals surface area contributed by atoms with E-state index < -0.39 is 0 Å². The minimum absolute atomic E-state index is 0.747. The number of hydrogen-bond donors (Lipinski definition) is 1. The molecule has 1 aromatic heterocycles. The topological polar surface area (TPSA) is 37.8 Å². The Labute approximate surface area is 114 Å². The zero-order valence-electron chi connectivity index (χ0n) is 9.31. The predicted octanol–water partition coefficient (Wildman–Crippen LogP) is 3.45. The summed E-state index contributed by atoms with van der Waals surface area (Å²) < 4.78 is 4.93. The van der Waals surface area contributed by atoms with Crippen LogP contribution in [0.25, 0.3) is 0 Å². The van der Waals surface area contributed by atoms with E-state index in [9.17, 15) is 0 Å². The molecule has 1 aromatic carbocycles. The summed E-state index contributed by atoms with van der Waals surface area (Å²) in [5, 5.41) is 4.06. The van der Waals surface area contributed by atoms with Crippen molar-refractivity contribution in [2.45, 2.75) is 22.7 Å². The quantitative estimate of drug-likeness (QED) is 0.913. The van der Waals surface area contributed by atoms with Gasteiger partial charge in [-0.3, -0.25) is 0 Å². The summed E-state index contributed by atoms with van der Waals surface area (Å²) >= 11 is 9.03. The molecule has 0 atom stereocenters. The van der Waals surface area contributed by atoms with Gasteiger partial charge in [0.1, 0.15) is 6.33 Å². The van der Waals surface area contributed by atoms with Crippen LogP contribution in [0.4, 0.5) is 0 Å². The van der Waals surface area contributed by atoms with Crippen molar-refractivity contribution < 1.29 is 0 Å².